The van der Waals surface area contributed by atoms with Gasteiger partial charge in [-0.05, 0) is 43.2 Å². The second-order valence-corrected chi connectivity index (χ2v) is 7.68. The number of aromatic nitrogens is 2. The highest BCUT2D eigenvalue weighted by molar-refractivity contribution is 7.19. The molecule has 23 heavy (non-hydrogen) atoms. The first-order valence-electron chi connectivity index (χ1n) is 8.25. The Bertz CT molecular complexity index is 836. The summed E-state index contributed by atoms with van der Waals surface area (Å²) in [5.41, 5.74) is 4.05. The van der Waals surface area contributed by atoms with E-state index in [4.69, 9.17) is 0 Å². The van der Waals surface area contributed by atoms with E-state index in [1.54, 1.807) is 6.33 Å². The van der Waals surface area contributed by atoms with Gasteiger partial charge in [-0.3, -0.25) is 0 Å². The maximum Gasteiger partial charge on any atom is 0.138 e. The van der Waals surface area contributed by atoms with Gasteiger partial charge in [0.15, 0.2) is 0 Å². The van der Waals surface area contributed by atoms with Crippen LogP contribution >= 0.6 is 11.3 Å². The zero-order valence-corrected chi connectivity index (χ0v) is 14.4. The van der Waals surface area contributed by atoms with E-state index < -0.39 is 0 Å². The van der Waals surface area contributed by atoms with Crippen molar-refractivity contribution in [3.05, 3.63) is 52.2 Å². The van der Waals surface area contributed by atoms with E-state index >= 15 is 0 Å². The van der Waals surface area contributed by atoms with E-state index in [0.717, 1.165) is 29.5 Å². The van der Waals surface area contributed by atoms with Crippen LogP contribution in [0.2, 0.25) is 0 Å². The van der Waals surface area contributed by atoms with Crippen molar-refractivity contribution in [2.24, 2.45) is 5.92 Å². The zero-order chi connectivity index (χ0) is 15.8. The average Bonchev–Trinajstić information content (AvgIpc) is 2.92. The summed E-state index contributed by atoms with van der Waals surface area (Å²) in [6.45, 7) is 5.26. The summed E-state index contributed by atoms with van der Waals surface area (Å²) in [6, 6.07) is 8.65. The molecule has 4 heteroatoms. The van der Waals surface area contributed by atoms with Gasteiger partial charge in [-0.2, -0.15) is 0 Å². The SMILES string of the molecule is Cc1ccc(CNc2ncnc3sc4c(c23)CCC(C)C4)cc1. The Morgan fingerprint density at radius 3 is 2.87 bits per heavy atom. The lowest BCUT2D eigenvalue weighted by atomic mass is 9.89. The van der Waals surface area contributed by atoms with Crippen LogP contribution in [0, 0.1) is 12.8 Å². The predicted molar refractivity (Wildman–Crippen MR) is 97.1 cm³/mol. The van der Waals surface area contributed by atoms with Gasteiger partial charge in [0, 0.05) is 11.4 Å². The number of hydrogen-bond donors (Lipinski definition) is 1. The Morgan fingerprint density at radius 2 is 2.04 bits per heavy atom. The number of fused-ring (bicyclic) bond motifs is 3. The fraction of sp³-hybridized carbons (Fsp3) is 0.368. The second-order valence-electron chi connectivity index (χ2n) is 6.59. The Morgan fingerprint density at radius 1 is 1.22 bits per heavy atom. The number of rotatable bonds is 3. The van der Waals surface area contributed by atoms with Crippen LogP contribution in [0.5, 0.6) is 0 Å². The van der Waals surface area contributed by atoms with Crippen molar-refractivity contribution in [1.29, 1.82) is 0 Å². The molecule has 1 aliphatic carbocycles. The van der Waals surface area contributed by atoms with Gasteiger partial charge >= 0.3 is 0 Å². The molecule has 0 amide bonds. The third-order valence-electron chi connectivity index (χ3n) is 4.67. The number of nitrogens with one attached hydrogen (secondary N) is 1. The molecular formula is C19H21N3S. The largest absolute Gasteiger partial charge is 0.365 e. The van der Waals surface area contributed by atoms with Gasteiger partial charge in [-0.25, -0.2) is 9.97 Å². The van der Waals surface area contributed by atoms with Gasteiger partial charge in [0.1, 0.15) is 17.0 Å². The van der Waals surface area contributed by atoms with Crippen LogP contribution < -0.4 is 5.32 Å². The molecule has 1 aliphatic rings. The molecule has 1 unspecified atom stereocenters. The minimum absolute atomic E-state index is 0.785. The van der Waals surface area contributed by atoms with Crippen molar-refractivity contribution < 1.29 is 0 Å². The minimum Gasteiger partial charge on any atom is -0.365 e. The van der Waals surface area contributed by atoms with Crippen LogP contribution in [0.4, 0.5) is 5.82 Å². The fourth-order valence-corrected chi connectivity index (χ4v) is 4.65. The number of benzene rings is 1. The van der Waals surface area contributed by atoms with Gasteiger partial charge in [-0.15, -0.1) is 11.3 Å². The quantitative estimate of drug-likeness (QED) is 0.757. The molecule has 3 nitrogen and oxygen atoms in total. The highest BCUT2D eigenvalue weighted by Crippen LogP contribution is 2.39. The molecule has 0 spiro atoms. The molecular weight excluding hydrogens is 302 g/mol. The summed E-state index contributed by atoms with van der Waals surface area (Å²) in [7, 11) is 0. The summed E-state index contributed by atoms with van der Waals surface area (Å²) in [4.78, 5) is 11.7. The van der Waals surface area contributed by atoms with Crippen molar-refractivity contribution in [3.63, 3.8) is 0 Å². The number of thiophene rings is 1. The van der Waals surface area contributed by atoms with Gasteiger partial charge in [0.25, 0.3) is 0 Å². The second kappa shape index (κ2) is 5.93. The molecule has 1 N–H and O–H groups in total. The van der Waals surface area contributed by atoms with E-state index in [0.29, 0.717) is 0 Å². The van der Waals surface area contributed by atoms with Crippen LogP contribution in [0.25, 0.3) is 10.2 Å². The van der Waals surface area contributed by atoms with E-state index in [1.807, 2.05) is 11.3 Å². The summed E-state index contributed by atoms with van der Waals surface area (Å²) >= 11 is 1.85. The molecule has 2 aromatic heterocycles. The molecule has 4 rings (SSSR count). The van der Waals surface area contributed by atoms with Crippen LogP contribution in [0.1, 0.15) is 34.9 Å². The van der Waals surface area contributed by atoms with E-state index in [1.165, 1.54) is 39.8 Å². The van der Waals surface area contributed by atoms with Crippen LogP contribution in [0.15, 0.2) is 30.6 Å². The predicted octanol–water partition coefficient (Wildman–Crippen LogP) is 4.74. The third kappa shape index (κ3) is 2.83. The lowest BCUT2D eigenvalue weighted by Crippen LogP contribution is -2.09. The molecule has 0 radical (unpaired) electrons. The lowest BCUT2D eigenvalue weighted by Gasteiger charge is -2.18. The number of nitrogens with zero attached hydrogens (tertiary/aromatic N) is 2. The van der Waals surface area contributed by atoms with Crippen molar-refractivity contribution in [2.75, 3.05) is 5.32 Å². The van der Waals surface area contributed by atoms with Crippen molar-refractivity contribution in [3.8, 4) is 0 Å². The van der Waals surface area contributed by atoms with Crippen molar-refractivity contribution in [2.45, 2.75) is 39.7 Å². The third-order valence-corrected chi connectivity index (χ3v) is 5.83. The van der Waals surface area contributed by atoms with E-state index in [2.05, 4.69) is 53.4 Å². The molecule has 118 valence electrons. The number of aryl methyl sites for hydroxylation is 2. The Balaban J connectivity index is 1.66. The van der Waals surface area contributed by atoms with E-state index in [-0.39, 0.29) is 0 Å². The topological polar surface area (TPSA) is 37.8 Å². The summed E-state index contributed by atoms with van der Waals surface area (Å²) < 4.78 is 0. The van der Waals surface area contributed by atoms with Crippen LogP contribution in [0.3, 0.4) is 0 Å². The number of hydrogen-bond acceptors (Lipinski definition) is 4. The first-order valence-corrected chi connectivity index (χ1v) is 9.07. The first kappa shape index (κ1) is 14.6. The molecule has 2 heterocycles. The van der Waals surface area contributed by atoms with Crippen molar-refractivity contribution >= 4 is 27.4 Å². The minimum atomic E-state index is 0.785. The van der Waals surface area contributed by atoms with Gasteiger partial charge in [0.05, 0.1) is 5.39 Å². The maximum absolute atomic E-state index is 4.52. The standard InChI is InChI=1S/C19H21N3S/c1-12-3-6-14(7-4-12)10-20-18-17-15-8-5-13(2)9-16(15)23-19(17)22-11-21-18/h3-4,6-7,11,13H,5,8-10H2,1-2H3,(H,20,21,22). The molecule has 1 atom stereocenters. The highest BCUT2D eigenvalue weighted by Gasteiger charge is 2.22. The van der Waals surface area contributed by atoms with Gasteiger partial charge < -0.3 is 5.32 Å². The summed E-state index contributed by atoms with van der Waals surface area (Å²) in [5.74, 6) is 1.77. The molecule has 0 aliphatic heterocycles. The Hall–Kier alpha value is -1.94. The van der Waals surface area contributed by atoms with Crippen LogP contribution in [-0.4, -0.2) is 9.97 Å². The normalized spacial score (nSPS) is 17.2. The molecule has 0 bridgehead atoms. The summed E-state index contributed by atoms with van der Waals surface area (Å²) in [6.07, 6.45) is 5.30. The Labute approximate surface area is 140 Å². The maximum atomic E-state index is 4.52. The smallest absolute Gasteiger partial charge is 0.138 e. The first-order chi connectivity index (χ1) is 11.2. The highest BCUT2D eigenvalue weighted by atomic mass is 32.1. The molecule has 1 aromatic carbocycles. The monoisotopic (exact) mass is 323 g/mol. The Kier molecular flexibility index (Phi) is 3.77. The molecule has 0 saturated carbocycles. The zero-order valence-electron chi connectivity index (χ0n) is 13.6. The van der Waals surface area contributed by atoms with Gasteiger partial charge in [0.2, 0.25) is 0 Å². The van der Waals surface area contributed by atoms with E-state index in [9.17, 15) is 0 Å². The average molecular weight is 323 g/mol. The lowest BCUT2D eigenvalue weighted by molar-refractivity contribution is 0.509. The fourth-order valence-electron chi connectivity index (χ4n) is 3.30. The summed E-state index contributed by atoms with van der Waals surface area (Å²) in [5, 5.41) is 4.78. The molecule has 0 saturated heterocycles. The number of anilines is 1. The molecule has 3 aromatic rings. The van der Waals surface area contributed by atoms with Gasteiger partial charge in [-0.1, -0.05) is 36.8 Å². The van der Waals surface area contributed by atoms with Crippen LogP contribution in [-0.2, 0) is 19.4 Å². The van der Waals surface area contributed by atoms with Crippen molar-refractivity contribution in [1.82, 2.24) is 9.97 Å². The molecule has 0 fully saturated rings.